The first-order chi connectivity index (χ1) is 10.0. The van der Waals surface area contributed by atoms with E-state index in [0.717, 1.165) is 28.8 Å². The van der Waals surface area contributed by atoms with Gasteiger partial charge in [0, 0.05) is 25.3 Å². The Hall–Kier alpha value is -1.63. The van der Waals surface area contributed by atoms with Gasteiger partial charge in [-0.05, 0) is 49.2 Å². The summed E-state index contributed by atoms with van der Waals surface area (Å²) in [6, 6.07) is 2.05. The van der Waals surface area contributed by atoms with Crippen LogP contribution in [0.1, 0.15) is 35.2 Å². The van der Waals surface area contributed by atoms with E-state index in [4.69, 9.17) is 0 Å². The minimum Gasteiger partial charge on any atom is -0.351 e. The van der Waals surface area contributed by atoms with Crippen LogP contribution in [0.4, 0.5) is 0 Å². The summed E-state index contributed by atoms with van der Waals surface area (Å²) >= 11 is 3.36. The van der Waals surface area contributed by atoms with Crippen molar-refractivity contribution in [3.8, 4) is 0 Å². The first-order valence-electron chi connectivity index (χ1n) is 7.03. The van der Waals surface area contributed by atoms with Crippen molar-refractivity contribution in [2.24, 2.45) is 0 Å². The van der Waals surface area contributed by atoms with Gasteiger partial charge in [-0.15, -0.1) is 0 Å². The summed E-state index contributed by atoms with van der Waals surface area (Å²) in [4.78, 5) is 12.2. The van der Waals surface area contributed by atoms with Crippen LogP contribution in [0, 0.1) is 13.8 Å². The average Bonchev–Trinajstić information content (AvgIpc) is 2.97. The van der Waals surface area contributed by atoms with Gasteiger partial charge in [0.05, 0.1) is 16.4 Å². The summed E-state index contributed by atoms with van der Waals surface area (Å²) < 4.78 is 4.37. The molecule has 2 heterocycles. The molecule has 6 nitrogen and oxygen atoms in total. The summed E-state index contributed by atoms with van der Waals surface area (Å²) in [5.41, 5.74) is 2.74. The van der Waals surface area contributed by atoms with Gasteiger partial charge in [0.2, 0.25) is 0 Å². The van der Waals surface area contributed by atoms with E-state index in [1.807, 2.05) is 25.5 Å². The van der Waals surface area contributed by atoms with Crippen LogP contribution in [0.15, 0.2) is 16.7 Å². The minimum absolute atomic E-state index is 0.102. The monoisotopic (exact) mass is 353 g/mol. The topological polar surface area (TPSA) is 64.7 Å². The molecule has 0 bridgehead atoms. The van der Waals surface area contributed by atoms with Crippen LogP contribution in [-0.4, -0.2) is 32.0 Å². The second-order valence-corrected chi connectivity index (χ2v) is 5.77. The maximum absolute atomic E-state index is 12.2. The molecule has 114 valence electrons. The van der Waals surface area contributed by atoms with Crippen LogP contribution in [0.3, 0.4) is 0 Å². The van der Waals surface area contributed by atoms with Crippen molar-refractivity contribution in [1.82, 2.24) is 24.9 Å². The van der Waals surface area contributed by atoms with Crippen molar-refractivity contribution in [1.29, 1.82) is 0 Å². The molecular formula is C14H20BrN5O. The molecule has 0 aromatic carbocycles. The number of aryl methyl sites for hydroxylation is 4. The van der Waals surface area contributed by atoms with Gasteiger partial charge >= 0.3 is 0 Å². The lowest BCUT2D eigenvalue weighted by Gasteiger charge is -2.08. The van der Waals surface area contributed by atoms with Crippen molar-refractivity contribution in [3.05, 3.63) is 33.8 Å². The fraction of sp³-hybridized carbons (Fsp3) is 0.500. The van der Waals surface area contributed by atoms with Gasteiger partial charge in [-0.3, -0.25) is 14.2 Å². The number of halogens is 1. The maximum Gasteiger partial charge on any atom is 0.270 e. The highest BCUT2D eigenvalue weighted by Crippen LogP contribution is 2.15. The van der Waals surface area contributed by atoms with E-state index in [1.165, 1.54) is 0 Å². The first-order valence-corrected chi connectivity index (χ1v) is 7.82. The molecule has 2 rings (SSSR count). The van der Waals surface area contributed by atoms with Gasteiger partial charge in [-0.2, -0.15) is 10.2 Å². The highest BCUT2D eigenvalue weighted by Gasteiger charge is 2.15. The van der Waals surface area contributed by atoms with E-state index < -0.39 is 0 Å². The van der Waals surface area contributed by atoms with Crippen LogP contribution in [0.25, 0.3) is 0 Å². The first kappa shape index (κ1) is 15.8. The van der Waals surface area contributed by atoms with Gasteiger partial charge in [0.25, 0.3) is 5.91 Å². The van der Waals surface area contributed by atoms with Crippen molar-refractivity contribution in [2.45, 2.75) is 40.3 Å². The Morgan fingerprint density at radius 1 is 1.38 bits per heavy atom. The van der Waals surface area contributed by atoms with Gasteiger partial charge in [0.1, 0.15) is 5.69 Å². The third-order valence-corrected chi connectivity index (χ3v) is 3.83. The Balaban J connectivity index is 1.84. The van der Waals surface area contributed by atoms with Crippen molar-refractivity contribution >= 4 is 21.8 Å². The van der Waals surface area contributed by atoms with E-state index in [9.17, 15) is 4.79 Å². The van der Waals surface area contributed by atoms with Gasteiger partial charge in [-0.1, -0.05) is 0 Å². The summed E-state index contributed by atoms with van der Waals surface area (Å²) in [6.07, 6.45) is 2.49. The maximum atomic E-state index is 12.2. The molecule has 0 aliphatic carbocycles. The van der Waals surface area contributed by atoms with Gasteiger partial charge in [-0.25, -0.2) is 0 Å². The predicted molar refractivity (Wildman–Crippen MR) is 84.3 cm³/mol. The number of carbonyl (C=O) groups excluding carboxylic acids is 1. The molecule has 0 spiro atoms. The Morgan fingerprint density at radius 3 is 2.76 bits per heavy atom. The van der Waals surface area contributed by atoms with Crippen LogP contribution < -0.4 is 5.32 Å². The van der Waals surface area contributed by atoms with Crippen molar-refractivity contribution < 1.29 is 4.79 Å². The number of rotatable bonds is 6. The lowest BCUT2D eigenvalue weighted by molar-refractivity contribution is 0.0941. The number of nitrogens with one attached hydrogen (secondary N) is 1. The van der Waals surface area contributed by atoms with E-state index in [1.54, 1.807) is 10.9 Å². The average molecular weight is 354 g/mol. The van der Waals surface area contributed by atoms with E-state index >= 15 is 0 Å². The standard InChI is InChI=1S/C14H20BrN5O/c1-4-19-13(12(15)9-17-19)14(21)16-6-5-7-20-11(3)8-10(2)18-20/h8-9H,4-7H2,1-3H3,(H,16,21). The Kier molecular flexibility index (Phi) is 5.17. The zero-order valence-electron chi connectivity index (χ0n) is 12.6. The molecule has 2 aromatic heterocycles. The SMILES string of the molecule is CCn1ncc(Br)c1C(=O)NCCCn1nc(C)cc1C. The molecule has 0 saturated heterocycles. The molecule has 0 aliphatic heterocycles. The Labute approximate surface area is 132 Å². The molecular weight excluding hydrogens is 334 g/mol. The lowest BCUT2D eigenvalue weighted by atomic mass is 10.3. The number of nitrogens with zero attached hydrogens (tertiary/aromatic N) is 4. The molecule has 1 N–H and O–H groups in total. The molecule has 0 radical (unpaired) electrons. The van der Waals surface area contributed by atoms with Crippen LogP contribution in [0.2, 0.25) is 0 Å². The second kappa shape index (κ2) is 6.89. The number of aromatic nitrogens is 4. The smallest absolute Gasteiger partial charge is 0.270 e. The molecule has 21 heavy (non-hydrogen) atoms. The second-order valence-electron chi connectivity index (χ2n) is 4.92. The molecule has 1 amide bonds. The number of hydrogen-bond acceptors (Lipinski definition) is 3. The molecule has 7 heteroatoms. The fourth-order valence-corrected chi connectivity index (χ4v) is 2.72. The third kappa shape index (κ3) is 3.72. The summed E-state index contributed by atoms with van der Waals surface area (Å²) in [5.74, 6) is -0.102. The highest BCUT2D eigenvalue weighted by atomic mass is 79.9. The number of amides is 1. The zero-order chi connectivity index (χ0) is 15.4. The van der Waals surface area contributed by atoms with Crippen LogP contribution in [-0.2, 0) is 13.1 Å². The molecule has 0 unspecified atom stereocenters. The van der Waals surface area contributed by atoms with Gasteiger partial charge in [0.15, 0.2) is 0 Å². The van der Waals surface area contributed by atoms with Crippen LogP contribution in [0.5, 0.6) is 0 Å². The largest absolute Gasteiger partial charge is 0.351 e. The number of carbonyl (C=O) groups is 1. The number of hydrogen-bond donors (Lipinski definition) is 1. The summed E-state index contributed by atoms with van der Waals surface area (Å²) in [7, 11) is 0. The molecule has 0 fully saturated rings. The molecule has 0 atom stereocenters. The Morgan fingerprint density at radius 2 is 2.14 bits per heavy atom. The normalized spacial score (nSPS) is 10.9. The highest BCUT2D eigenvalue weighted by molar-refractivity contribution is 9.10. The molecule has 0 saturated carbocycles. The van der Waals surface area contributed by atoms with E-state index in [-0.39, 0.29) is 5.91 Å². The van der Waals surface area contributed by atoms with Crippen molar-refractivity contribution in [2.75, 3.05) is 6.54 Å². The van der Waals surface area contributed by atoms with Crippen molar-refractivity contribution in [3.63, 3.8) is 0 Å². The predicted octanol–water partition coefficient (Wildman–Crippen LogP) is 2.30. The quantitative estimate of drug-likeness (QED) is 0.810. The zero-order valence-corrected chi connectivity index (χ0v) is 14.1. The fourth-order valence-electron chi connectivity index (χ4n) is 2.24. The summed E-state index contributed by atoms with van der Waals surface area (Å²) in [6.45, 7) is 8.05. The lowest BCUT2D eigenvalue weighted by Crippen LogP contribution is -2.28. The Bertz CT molecular complexity index is 631. The third-order valence-electron chi connectivity index (χ3n) is 3.25. The minimum atomic E-state index is -0.102. The molecule has 2 aromatic rings. The van der Waals surface area contributed by atoms with Gasteiger partial charge < -0.3 is 5.32 Å². The van der Waals surface area contributed by atoms with E-state index in [0.29, 0.717) is 18.8 Å². The van der Waals surface area contributed by atoms with Crippen LogP contribution >= 0.6 is 15.9 Å². The van der Waals surface area contributed by atoms with E-state index in [2.05, 4.69) is 37.5 Å². The summed E-state index contributed by atoms with van der Waals surface area (Å²) in [5, 5.41) is 11.5. The molecule has 0 aliphatic rings.